The van der Waals surface area contributed by atoms with Gasteiger partial charge in [0.2, 0.25) is 0 Å². The summed E-state index contributed by atoms with van der Waals surface area (Å²) in [5.74, 6) is 0. The summed E-state index contributed by atoms with van der Waals surface area (Å²) >= 11 is 5.82. The predicted octanol–water partition coefficient (Wildman–Crippen LogP) is 2.49. The van der Waals surface area contributed by atoms with Crippen molar-refractivity contribution in [1.82, 2.24) is 0 Å². The van der Waals surface area contributed by atoms with E-state index in [1.54, 1.807) is 25.1 Å². The van der Waals surface area contributed by atoms with E-state index in [4.69, 9.17) is 22.1 Å². The van der Waals surface area contributed by atoms with Crippen molar-refractivity contribution in [3.63, 3.8) is 0 Å². The molecule has 0 aliphatic heterocycles. The fraction of sp³-hybridized carbons (Fsp3) is 0.222. The molecule has 1 amide bonds. The number of hydrogen-bond acceptors (Lipinski definition) is 3. The molecule has 3 N–H and O–H groups in total. The minimum Gasteiger partial charge on any atom is -0.450 e. The zero-order valence-electron chi connectivity index (χ0n) is 7.71. The monoisotopic (exact) mass is 214 g/mol. The number of rotatable bonds is 2. The van der Waals surface area contributed by atoms with E-state index in [0.29, 0.717) is 23.0 Å². The van der Waals surface area contributed by atoms with Gasteiger partial charge in [-0.1, -0.05) is 17.7 Å². The Kier molecular flexibility index (Phi) is 3.59. The first-order valence-corrected chi connectivity index (χ1v) is 4.50. The summed E-state index contributed by atoms with van der Waals surface area (Å²) in [5.41, 5.74) is 6.40. The predicted molar refractivity (Wildman–Crippen MR) is 56.5 cm³/mol. The Morgan fingerprint density at radius 1 is 1.64 bits per heavy atom. The largest absolute Gasteiger partial charge is 0.450 e. The van der Waals surface area contributed by atoms with Gasteiger partial charge in [-0.3, -0.25) is 5.32 Å². The number of halogens is 1. The smallest absolute Gasteiger partial charge is 0.411 e. The average molecular weight is 215 g/mol. The normalized spacial score (nSPS) is 9.57. The summed E-state index contributed by atoms with van der Waals surface area (Å²) < 4.78 is 4.69. The van der Waals surface area contributed by atoms with E-state index in [9.17, 15) is 4.79 Å². The number of carbonyl (C=O) groups excluding carboxylic acids is 1. The second-order valence-corrected chi connectivity index (χ2v) is 2.96. The number of nitrogens with two attached hydrogens (primary N) is 1. The van der Waals surface area contributed by atoms with Crippen LogP contribution < -0.4 is 11.1 Å². The second kappa shape index (κ2) is 4.72. The van der Waals surface area contributed by atoms with Gasteiger partial charge >= 0.3 is 6.09 Å². The fourth-order valence-electron chi connectivity index (χ4n) is 0.942. The maximum absolute atomic E-state index is 11.1. The number of nitrogen functional groups attached to an aromatic ring is 1. The van der Waals surface area contributed by atoms with Gasteiger partial charge in [0.1, 0.15) is 0 Å². The lowest BCUT2D eigenvalue weighted by Crippen LogP contribution is -2.14. The van der Waals surface area contributed by atoms with Crippen molar-refractivity contribution in [3.05, 3.63) is 23.2 Å². The molecule has 5 heteroatoms. The highest BCUT2D eigenvalue weighted by atomic mass is 35.5. The zero-order valence-corrected chi connectivity index (χ0v) is 8.47. The summed E-state index contributed by atoms with van der Waals surface area (Å²) in [7, 11) is 0. The van der Waals surface area contributed by atoms with E-state index in [0.717, 1.165) is 0 Å². The Labute approximate surface area is 87.0 Å². The third kappa shape index (κ3) is 2.53. The quantitative estimate of drug-likeness (QED) is 0.744. The van der Waals surface area contributed by atoms with Crippen molar-refractivity contribution in [2.75, 3.05) is 17.7 Å². The van der Waals surface area contributed by atoms with Gasteiger partial charge in [-0.25, -0.2) is 4.79 Å². The highest BCUT2D eigenvalue weighted by Crippen LogP contribution is 2.27. The molecule has 1 aromatic rings. The van der Waals surface area contributed by atoms with Gasteiger partial charge in [0.15, 0.2) is 0 Å². The van der Waals surface area contributed by atoms with E-state index < -0.39 is 6.09 Å². The number of para-hydroxylation sites is 1. The molecule has 0 saturated carbocycles. The molecule has 1 rings (SSSR count). The number of amides is 1. The van der Waals surface area contributed by atoms with Gasteiger partial charge < -0.3 is 10.5 Å². The number of nitrogens with one attached hydrogen (secondary N) is 1. The number of hydrogen-bond donors (Lipinski definition) is 2. The summed E-state index contributed by atoms with van der Waals surface area (Å²) in [6.07, 6.45) is -0.563. The molecule has 1 aromatic carbocycles. The topological polar surface area (TPSA) is 64.3 Å². The van der Waals surface area contributed by atoms with Gasteiger partial charge in [0.05, 0.1) is 23.0 Å². The third-order valence-electron chi connectivity index (χ3n) is 1.55. The van der Waals surface area contributed by atoms with Crippen LogP contribution >= 0.6 is 11.6 Å². The van der Waals surface area contributed by atoms with Gasteiger partial charge in [-0.2, -0.15) is 0 Å². The van der Waals surface area contributed by atoms with Crippen molar-refractivity contribution in [3.8, 4) is 0 Å². The maximum Gasteiger partial charge on any atom is 0.411 e. The summed E-state index contributed by atoms with van der Waals surface area (Å²) in [6, 6.07) is 4.99. The first-order chi connectivity index (χ1) is 6.65. The molecule has 0 bridgehead atoms. The lowest BCUT2D eigenvalue weighted by molar-refractivity contribution is 0.168. The Morgan fingerprint density at radius 2 is 2.36 bits per heavy atom. The van der Waals surface area contributed by atoms with Crippen LogP contribution in [0.1, 0.15) is 6.92 Å². The lowest BCUT2D eigenvalue weighted by atomic mass is 10.3. The first kappa shape index (κ1) is 10.7. The first-order valence-electron chi connectivity index (χ1n) is 4.13. The molecule has 0 aliphatic rings. The molecule has 14 heavy (non-hydrogen) atoms. The second-order valence-electron chi connectivity index (χ2n) is 2.55. The Bertz CT molecular complexity index is 321. The number of benzene rings is 1. The standard InChI is InChI=1S/C9H11ClN2O2/c1-2-14-9(13)12-8-6(10)4-3-5-7(8)11/h3-5H,2,11H2,1H3,(H,12,13). The number of carbonyl (C=O) groups is 1. The van der Waals surface area contributed by atoms with Crippen LogP contribution in [0.25, 0.3) is 0 Å². The van der Waals surface area contributed by atoms with Crippen LogP contribution in [0.2, 0.25) is 5.02 Å². The minimum atomic E-state index is -0.563. The van der Waals surface area contributed by atoms with Crippen molar-refractivity contribution in [2.24, 2.45) is 0 Å². The van der Waals surface area contributed by atoms with Gasteiger partial charge in [-0.15, -0.1) is 0 Å². The molecule has 0 unspecified atom stereocenters. The van der Waals surface area contributed by atoms with Crippen LogP contribution in [0.4, 0.5) is 16.2 Å². The molecule has 0 aromatic heterocycles. The van der Waals surface area contributed by atoms with Crippen molar-refractivity contribution < 1.29 is 9.53 Å². The molecule has 0 saturated heterocycles. The Balaban J connectivity index is 2.80. The van der Waals surface area contributed by atoms with Gasteiger partial charge in [0, 0.05) is 0 Å². The molecule has 76 valence electrons. The zero-order chi connectivity index (χ0) is 10.6. The molecule has 0 aliphatic carbocycles. The van der Waals surface area contributed by atoms with Crippen molar-refractivity contribution in [1.29, 1.82) is 0 Å². The Morgan fingerprint density at radius 3 is 2.93 bits per heavy atom. The van der Waals surface area contributed by atoms with Crippen LogP contribution in [0.5, 0.6) is 0 Å². The van der Waals surface area contributed by atoms with Gasteiger partial charge in [0.25, 0.3) is 0 Å². The van der Waals surface area contributed by atoms with E-state index in [2.05, 4.69) is 5.32 Å². The maximum atomic E-state index is 11.1. The van der Waals surface area contributed by atoms with E-state index in [1.807, 2.05) is 0 Å². The molecular formula is C9H11ClN2O2. The summed E-state index contributed by atoms with van der Waals surface area (Å²) in [6.45, 7) is 2.02. The molecule has 0 fully saturated rings. The van der Waals surface area contributed by atoms with Crippen molar-refractivity contribution >= 4 is 29.1 Å². The van der Waals surface area contributed by atoms with Crippen LogP contribution in [-0.2, 0) is 4.74 Å². The average Bonchev–Trinajstić information content (AvgIpc) is 2.12. The van der Waals surface area contributed by atoms with Crippen LogP contribution in [0.3, 0.4) is 0 Å². The SMILES string of the molecule is CCOC(=O)Nc1c(N)cccc1Cl. The lowest BCUT2D eigenvalue weighted by Gasteiger charge is -2.09. The molecule has 0 heterocycles. The highest BCUT2D eigenvalue weighted by molar-refractivity contribution is 6.34. The summed E-state index contributed by atoms with van der Waals surface area (Å²) in [4.78, 5) is 11.1. The highest BCUT2D eigenvalue weighted by Gasteiger charge is 2.08. The number of anilines is 2. The minimum absolute atomic E-state index is 0.302. The summed E-state index contributed by atoms with van der Waals surface area (Å²) in [5, 5.41) is 2.85. The van der Waals surface area contributed by atoms with E-state index in [-0.39, 0.29) is 0 Å². The van der Waals surface area contributed by atoms with Crippen LogP contribution in [0, 0.1) is 0 Å². The number of ether oxygens (including phenoxy) is 1. The Hall–Kier alpha value is -1.42. The van der Waals surface area contributed by atoms with Crippen LogP contribution in [-0.4, -0.2) is 12.7 Å². The molecule has 0 atom stereocenters. The molecule has 0 radical (unpaired) electrons. The fourth-order valence-corrected chi connectivity index (χ4v) is 1.17. The molecular weight excluding hydrogens is 204 g/mol. The van der Waals surface area contributed by atoms with Crippen LogP contribution in [0.15, 0.2) is 18.2 Å². The van der Waals surface area contributed by atoms with Gasteiger partial charge in [-0.05, 0) is 19.1 Å². The van der Waals surface area contributed by atoms with E-state index in [1.165, 1.54) is 0 Å². The molecule has 0 spiro atoms. The van der Waals surface area contributed by atoms with Crippen molar-refractivity contribution in [2.45, 2.75) is 6.92 Å². The third-order valence-corrected chi connectivity index (χ3v) is 1.86. The van der Waals surface area contributed by atoms with E-state index >= 15 is 0 Å². The molecule has 4 nitrogen and oxygen atoms in total.